The molecule has 0 aliphatic rings. The number of amides is 1. The fraction of sp³-hybridized carbons (Fsp3) is 0.182. The number of carbonyl (C=O) groups is 1. The van der Waals surface area contributed by atoms with Gasteiger partial charge in [0.15, 0.2) is 0 Å². The molecule has 0 aliphatic heterocycles. The number of likely N-dealkylation sites (N-methyl/N-ethyl adjacent to an activating group) is 1. The second kappa shape index (κ2) is 9.53. The van der Waals surface area contributed by atoms with Crippen molar-refractivity contribution in [1.82, 2.24) is 9.88 Å². The highest BCUT2D eigenvalue weighted by atomic mass is 35.5. The van der Waals surface area contributed by atoms with E-state index in [1.165, 1.54) is 0 Å². The molecule has 28 heavy (non-hydrogen) atoms. The van der Waals surface area contributed by atoms with Gasteiger partial charge in [-0.1, -0.05) is 35.9 Å². The van der Waals surface area contributed by atoms with Gasteiger partial charge in [-0.15, -0.1) is 11.3 Å². The van der Waals surface area contributed by atoms with Gasteiger partial charge in [-0.25, -0.2) is 4.98 Å². The van der Waals surface area contributed by atoms with Crippen molar-refractivity contribution >= 4 is 34.9 Å². The Labute approximate surface area is 174 Å². The summed E-state index contributed by atoms with van der Waals surface area (Å²) in [7, 11) is 1.77. The van der Waals surface area contributed by atoms with Gasteiger partial charge < -0.3 is 9.64 Å². The van der Waals surface area contributed by atoms with Crippen molar-refractivity contribution in [2.24, 2.45) is 0 Å². The molecule has 0 atom stereocenters. The van der Waals surface area contributed by atoms with Gasteiger partial charge in [-0.3, -0.25) is 4.79 Å². The number of hydrogen-bond acceptors (Lipinski definition) is 4. The molecule has 0 saturated carbocycles. The third kappa shape index (κ3) is 5.94. The minimum absolute atomic E-state index is 0.0702. The van der Waals surface area contributed by atoms with Crippen molar-refractivity contribution < 1.29 is 9.53 Å². The average Bonchev–Trinajstić information content (AvgIpc) is 3.10. The van der Waals surface area contributed by atoms with Crippen LogP contribution in [0.25, 0.3) is 6.08 Å². The minimum Gasteiger partial charge on any atom is -0.487 e. The molecule has 3 rings (SSSR count). The van der Waals surface area contributed by atoms with Gasteiger partial charge >= 0.3 is 0 Å². The summed E-state index contributed by atoms with van der Waals surface area (Å²) < 4.78 is 5.73. The van der Waals surface area contributed by atoms with Crippen LogP contribution in [0, 0.1) is 6.92 Å². The first-order chi connectivity index (χ1) is 13.5. The van der Waals surface area contributed by atoms with E-state index in [1.807, 2.05) is 60.8 Å². The molecule has 1 heterocycles. The molecule has 0 aliphatic carbocycles. The van der Waals surface area contributed by atoms with Gasteiger partial charge in [-0.2, -0.15) is 0 Å². The molecule has 1 aromatic heterocycles. The molecule has 0 spiro atoms. The lowest BCUT2D eigenvalue weighted by molar-refractivity contribution is -0.125. The first-order valence-corrected chi connectivity index (χ1v) is 10.1. The summed E-state index contributed by atoms with van der Waals surface area (Å²) in [6, 6.07) is 15.1. The third-order valence-electron chi connectivity index (χ3n) is 4.04. The predicted molar refractivity (Wildman–Crippen MR) is 115 cm³/mol. The molecule has 144 valence electrons. The molecule has 0 N–H and O–H groups in total. The van der Waals surface area contributed by atoms with Crippen LogP contribution in [0.3, 0.4) is 0 Å². The second-order valence-corrected chi connectivity index (χ2v) is 7.87. The Bertz CT molecular complexity index is 967. The number of ether oxygens (including phenoxy) is 1. The van der Waals surface area contributed by atoms with Crippen LogP contribution in [0.4, 0.5) is 0 Å². The van der Waals surface area contributed by atoms with Crippen molar-refractivity contribution in [3.8, 4) is 5.75 Å². The summed E-state index contributed by atoms with van der Waals surface area (Å²) in [6.45, 7) is 2.93. The first kappa shape index (κ1) is 20.1. The van der Waals surface area contributed by atoms with E-state index in [-0.39, 0.29) is 5.91 Å². The number of aromatic nitrogens is 1. The van der Waals surface area contributed by atoms with Crippen LogP contribution in [0.1, 0.15) is 21.8 Å². The number of aryl methyl sites for hydroxylation is 1. The van der Waals surface area contributed by atoms with E-state index in [0.29, 0.717) is 18.2 Å². The molecule has 0 saturated heterocycles. The fourth-order valence-electron chi connectivity index (χ4n) is 2.59. The Balaban J connectivity index is 1.52. The van der Waals surface area contributed by atoms with Crippen molar-refractivity contribution in [3.63, 3.8) is 0 Å². The lowest BCUT2D eigenvalue weighted by Gasteiger charge is -2.15. The van der Waals surface area contributed by atoms with Gasteiger partial charge in [0, 0.05) is 30.1 Å². The number of hydrogen-bond donors (Lipinski definition) is 0. The molecule has 4 nitrogen and oxygen atoms in total. The zero-order chi connectivity index (χ0) is 19.9. The second-order valence-electron chi connectivity index (χ2n) is 6.37. The summed E-state index contributed by atoms with van der Waals surface area (Å²) >= 11 is 7.60. The smallest absolute Gasteiger partial charge is 0.246 e. The molecule has 0 unspecified atom stereocenters. The number of carbonyl (C=O) groups excluding carboxylic acids is 1. The third-order valence-corrected chi connectivity index (χ3v) is 5.09. The van der Waals surface area contributed by atoms with Crippen LogP contribution in [-0.2, 0) is 17.9 Å². The topological polar surface area (TPSA) is 42.4 Å². The maximum atomic E-state index is 12.3. The number of nitrogens with zero attached hydrogens (tertiary/aromatic N) is 2. The van der Waals surface area contributed by atoms with Crippen LogP contribution in [0.2, 0.25) is 5.02 Å². The van der Waals surface area contributed by atoms with Crippen LogP contribution in [0.15, 0.2) is 60.0 Å². The minimum atomic E-state index is -0.0702. The fourth-order valence-corrected chi connectivity index (χ4v) is 3.40. The molecule has 2 aromatic carbocycles. The van der Waals surface area contributed by atoms with E-state index >= 15 is 0 Å². The summed E-state index contributed by atoms with van der Waals surface area (Å²) in [5.74, 6) is 0.700. The molecular formula is C22H21ClN2O2S. The normalized spacial score (nSPS) is 11.0. The van der Waals surface area contributed by atoms with E-state index in [0.717, 1.165) is 27.6 Å². The van der Waals surface area contributed by atoms with Gasteiger partial charge in [0.25, 0.3) is 0 Å². The number of halogens is 1. The van der Waals surface area contributed by atoms with Crippen molar-refractivity contribution in [2.75, 3.05) is 7.05 Å². The molecule has 1 amide bonds. The van der Waals surface area contributed by atoms with E-state index < -0.39 is 0 Å². The van der Waals surface area contributed by atoms with Crippen LogP contribution < -0.4 is 4.74 Å². The van der Waals surface area contributed by atoms with Crippen LogP contribution in [0.5, 0.6) is 5.75 Å². The number of rotatable bonds is 7. The average molecular weight is 413 g/mol. The molecule has 6 heteroatoms. The van der Waals surface area contributed by atoms with E-state index in [9.17, 15) is 4.79 Å². The predicted octanol–water partition coefficient (Wildman–Crippen LogP) is 5.36. The molecule has 3 aromatic rings. The van der Waals surface area contributed by atoms with Gasteiger partial charge in [0.05, 0.1) is 10.7 Å². The maximum absolute atomic E-state index is 12.3. The Hall–Kier alpha value is -2.63. The highest BCUT2D eigenvalue weighted by Gasteiger charge is 2.06. The Kier molecular flexibility index (Phi) is 6.85. The largest absolute Gasteiger partial charge is 0.487 e. The molecule has 0 fully saturated rings. The van der Waals surface area contributed by atoms with E-state index in [4.69, 9.17) is 16.3 Å². The number of thiazole rings is 1. The summed E-state index contributed by atoms with van der Waals surface area (Å²) in [6.07, 6.45) is 3.36. The molecular weight excluding hydrogens is 392 g/mol. The standard InChI is InChI=1S/C22H21ClN2O2S/c1-16-24-20(15-28-16)14-27-21-9-6-17(7-10-21)8-11-22(26)25(2)13-18-4-3-5-19(23)12-18/h3-12,15H,13-14H2,1-2H3/b11-8+. The van der Waals surface area contributed by atoms with Crippen LogP contribution in [-0.4, -0.2) is 22.8 Å². The maximum Gasteiger partial charge on any atom is 0.246 e. The zero-order valence-electron chi connectivity index (χ0n) is 15.8. The Morgan fingerprint density at radius 3 is 2.71 bits per heavy atom. The van der Waals surface area contributed by atoms with Crippen molar-refractivity contribution in [1.29, 1.82) is 0 Å². The van der Waals surface area contributed by atoms with Crippen LogP contribution >= 0.6 is 22.9 Å². The molecule has 0 radical (unpaired) electrons. The summed E-state index contributed by atoms with van der Waals surface area (Å²) in [5.41, 5.74) is 2.86. The summed E-state index contributed by atoms with van der Waals surface area (Å²) in [4.78, 5) is 18.3. The van der Waals surface area contributed by atoms with Gasteiger partial charge in [-0.05, 0) is 48.4 Å². The van der Waals surface area contributed by atoms with Gasteiger partial charge in [0.2, 0.25) is 5.91 Å². The van der Waals surface area contributed by atoms with Crippen molar-refractivity contribution in [3.05, 3.63) is 86.8 Å². The van der Waals surface area contributed by atoms with E-state index in [2.05, 4.69) is 4.98 Å². The van der Waals surface area contributed by atoms with Crippen molar-refractivity contribution in [2.45, 2.75) is 20.1 Å². The highest BCUT2D eigenvalue weighted by molar-refractivity contribution is 7.09. The first-order valence-electron chi connectivity index (χ1n) is 8.81. The van der Waals surface area contributed by atoms with E-state index in [1.54, 1.807) is 35.4 Å². The quantitative estimate of drug-likeness (QED) is 0.491. The lowest BCUT2D eigenvalue weighted by atomic mass is 10.2. The lowest BCUT2D eigenvalue weighted by Crippen LogP contribution is -2.24. The Morgan fingerprint density at radius 2 is 2.04 bits per heavy atom. The monoisotopic (exact) mass is 412 g/mol. The summed E-state index contributed by atoms with van der Waals surface area (Å²) in [5, 5.41) is 3.70. The Morgan fingerprint density at radius 1 is 1.25 bits per heavy atom. The highest BCUT2D eigenvalue weighted by Crippen LogP contribution is 2.17. The SMILES string of the molecule is Cc1nc(COc2ccc(/C=C/C(=O)N(C)Cc3cccc(Cl)c3)cc2)cs1. The molecule has 0 bridgehead atoms. The zero-order valence-corrected chi connectivity index (χ0v) is 17.3. The number of benzene rings is 2. The van der Waals surface area contributed by atoms with Gasteiger partial charge in [0.1, 0.15) is 12.4 Å².